The number of ether oxygens (including phenoxy) is 1. The molecule has 24 heavy (non-hydrogen) atoms. The van der Waals surface area contributed by atoms with Crippen LogP contribution in [0.3, 0.4) is 0 Å². The molecule has 1 fully saturated rings. The van der Waals surface area contributed by atoms with E-state index in [9.17, 15) is 13.6 Å². The van der Waals surface area contributed by atoms with Crippen molar-refractivity contribution in [1.82, 2.24) is 10.2 Å². The summed E-state index contributed by atoms with van der Waals surface area (Å²) in [6, 6.07) is 4.75. The number of likely N-dealkylation sites (tertiary alicyclic amines) is 1. The first-order chi connectivity index (χ1) is 11.3. The molecule has 0 spiro atoms. The molecule has 1 saturated heterocycles. The van der Waals surface area contributed by atoms with Crippen molar-refractivity contribution in [3.63, 3.8) is 0 Å². The third-order valence-corrected chi connectivity index (χ3v) is 4.43. The van der Waals surface area contributed by atoms with E-state index in [0.717, 1.165) is 0 Å². The van der Waals surface area contributed by atoms with E-state index in [4.69, 9.17) is 27.9 Å². The van der Waals surface area contributed by atoms with Crippen molar-refractivity contribution in [3.05, 3.63) is 28.2 Å². The lowest BCUT2D eigenvalue weighted by Gasteiger charge is -2.32. The van der Waals surface area contributed by atoms with Crippen LogP contribution < -0.4 is 10.1 Å². The van der Waals surface area contributed by atoms with Crippen LogP contribution in [-0.2, 0) is 4.79 Å². The minimum Gasteiger partial charge on any atom is -0.479 e. The smallest absolute Gasteiger partial charge is 0.260 e. The zero-order valence-corrected chi connectivity index (χ0v) is 14.8. The van der Waals surface area contributed by atoms with E-state index in [1.165, 1.54) is 0 Å². The van der Waals surface area contributed by atoms with Crippen LogP contribution in [-0.4, -0.2) is 49.0 Å². The van der Waals surface area contributed by atoms with Crippen LogP contribution in [0.4, 0.5) is 8.78 Å². The maximum absolute atomic E-state index is 12.3. The zero-order chi connectivity index (χ0) is 17.7. The third kappa shape index (κ3) is 5.76. The number of benzene rings is 1. The van der Waals surface area contributed by atoms with E-state index in [2.05, 4.69) is 5.32 Å². The van der Waals surface area contributed by atoms with Crippen LogP contribution in [0.2, 0.25) is 10.0 Å². The van der Waals surface area contributed by atoms with E-state index >= 15 is 0 Å². The van der Waals surface area contributed by atoms with Crippen molar-refractivity contribution < 1.29 is 18.3 Å². The van der Waals surface area contributed by atoms with Crippen LogP contribution in [0.1, 0.15) is 19.8 Å². The molecule has 8 heteroatoms. The molecule has 1 unspecified atom stereocenters. The number of carbonyl (C=O) groups is 1. The highest BCUT2D eigenvalue weighted by Gasteiger charge is 2.25. The zero-order valence-electron chi connectivity index (χ0n) is 13.3. The summed E-state index contributed by atoms with van der Waals surface area (Å²) in [7, 11) is 0. The molecular formula is C16H20Cl2F2N2O2. The first kappa shape index (κ1) is 19.2. The number of nitrogens with zero attached hydrogens (tertiary/aromatic N) is 1. The maximum atomic E-state index is 12.3. The second-order valence-electron chi connectivity index (χ2n) is 5.81. The third-order valence-electron chi connectivity index (χ3n) is 3.90. The van der Waals surface area contributed by atoms with E-state index in [-0.39, 0.29) is 18.5 Å². The number of amides is 1. The Kier molecular flexibility index (Phi) is 7.07. The lowest BCUT2D eigenvalue weighted by Crippen LogP contribution is -2.48. The minimum absolute atomic E-state index is 0.0295. The Hall–Kier alpha value is -1.11. The number of hydrogen-bond acceptors (Lipinski definition) is 3. The molecule has 0 radical (unpaired) electrons. The molecule has 1 aromatic carbocycles. The number of carbonyl (C=O) groups excluding carboxylic acids is 1. The van der Waals surface area contributed by atoms with Crippen LogP contribution in [0.5, 0.6) is 5.75 Å². The Balaban J connectivity index is 1.80. The molecule has 1 N–H and O–H groups in total. The van der Waals surface area contributed by atoms with Gasteiger partial charge in [-0.2, -0.15) is 0 Å². The standard InChI is InChI=1S/C16H20Cl2F2N2O2/c1-10(24-14-3-2-11(17)8-13(14)18)16(23)21-12-4-6-22(7-5-12)9-15(19)20/h2-3,8,10,12,15H,4-7,9H2,1H3,(H,21,23). The summed E-state index contributed by atoms with van der Waals surface area (Å²) in [5, 5.41) is 3.72. The highest BCUT2D eigenvalue weighted by atomic mass is 35.5. The first-order valence-electron chi connectivity index (χ1n) is 7.77. The quantitative estimate of drug-likeness (QED) is 0.819. The fourth-order valence-electron chi connectivity index (χ4n) is 2.59. The van der Waals surface area contributed by atoms with Gasteiger partial charge in [0.2, 0.25) is 0 Å². The molecule has 134 valence electrons. The van der Waals surface area contributed by atoms with Crippen LogP contribution in [0.15, 0.2) is 18.2 Å². The first-order valence-corrected chi connectivity index (χ1v) is 8.53. The summed E-state index contributed by atoms with van der Waals surface area (Å²) >= 11 is 11.8. The average molecular weight is 381 g/mol. The van der Waals surface area contributed by atoms with Crippen molar-refractivity contribution in [2.75, 3.05) is 19.6 Å². The molecule has 0 aromatic heterocycles. The molecule has 1 aromatic rings. The minimum atomic E-state index is -2.33. The van der Waals surface area contributed by atoms with Crippen molar-refractivity contribution in [3.8, 4) is 5.75 Å². The van der Waals surface area contributed by atoms with E-state index < -0.39 is 12.5 Å². The Morgan fingerprint density at radius 3 is 2.62 bits per heavy atom. The van der Waals surface area contributed by atoms with Gasteiger partial charge in [0.15, 0.2) is 6.10 Å². The van der Waals surface area contributed by atoms with Gasteiger partial charge in [-0.25, -0.2) is 8.78 Å². The molecule has 1 aliphatic rings. The lowest BCUT2D eigenvalue weighted by atomic mass is 10.0. The number of hydrogen-bond donors (Lipinski definition) is 1. The van der Waals surface area contributed by atoms with Gasteiger partial charge < -0.3 is 10.1 Å². The van der Waals surface area contributed by atoms with Gasteiger partial charge in [0.1, 0.15) is 5.75 Å². The molecule has 2 rings (SSSR count). The SMILES string of the molecule is CC(Oc1ccc(Cl)cc1Cl)C(=O)NC1CCN(CC(F)F)CC1. The molecule has 1 atom stereocenters. The molecule has 0 aliphatic carbocycles. The van der Waals surface area contributed by atoms with E-state index in [1.807, 2.05) is 0 Å². The summed E-state index contributed by atoms with van der Waals surface area (Å²) < 4.78 is 30.3. The summed E-state index contributed by atoms with van der Waals surface area (Å²) in [6.07, 6.45) is -1.75. The van der Waals surface area contributed by atoms with Gasteiger partial charge in [-0.05, 0) is 38.0 Å². The van der Waals surface area contributed by atoms with Gasteiger partial charge in [-0.15, -0.1) is 0 Å². The highest BCUT2D eigenvalue weighted by Crippen LogP contribution is 2.28. The fourth-order valence-corrected chi connectivity index (χ4v) is 3.04. The molecule has 1 aliphatic heterocycles. The lowest BCUT2D eigenvalue weighted by molar-refractivity contribution is -0.128. The Bertz CT molecular complexity index is 567. The summed E-state index contributed by atoms with van der Waals surface area (Å²) in [5.74, 6) is 0.129. The van der Waals surface area contributed by atoms with Gasteiger partial charge in [-0.1, -0.05) is 23.2 Å². The number of piperidine rings is 1. The summed E-state index contributed by atoms with van der Waals surface area (Å²) in [5.41, 5.74) is 0. The van der Waals surface area contributed by atoms with Crippen molar-refractivity contribution in [2.45, 2.75) is 38.3 Å². The molecule has 0 bridgehead atoms. The maximum Gasteiger partial charge on any atom is 0.260 e. The van der Waals surface area contributed by atoms with Crippen LogP contribution >= 0.6 is 23.2 Å². The largest absolute Gasteiger partial charge is 0.479 e. The normalized spacial score (nSPS) is 17.8. The highest BCUT2D eigenvalue weighted by molar-refractivity contribution is 6.35. The second-order valence-corrected chi connectivity index (χ2v) is 6.65. The Morgan fingerprint density at radius 2 is 2.04 bits per heavy atom. The van der Waals surface area contributed by atoms with Crippen LogP contribution in [0.25, 0.3) is 0 Å². The average Bonchev–Trinajstić information content (AvgIpc) is 2.51. The summed E-state index contributed by atoms with van der Waals surface area (Å²) in [4.78, 5) is 13.9. The number of alkyl halides is 2. The molecular weight excluding hydrogens is 361 g/mol. The molecule has 0 saturated carbocycles. The topological polar surface area (TPSA) is 41.6 Å². The van der Waals surface area contributed by atoms with Crippen molar-refractivity contribution in [2.24, 2.45) is 0 Å². The van der Waals surface area contributed by atoms with E-state index in [1.54, 1.807) is 30.0 Å². The fraction of sp³-hybridized carbons (Fsp3) is 0.562. The summed E-state index contributed by atoms with van der Waals surface area (Å²) in [6.45, 7) is 2.52. The second kappa shape index (κ2) is 8.83. The van der Waals surface area contributed by atoms with Gasteiger partial charge in [0, 0.05) is 24.2 Å². The van der Waals surface area contributed by atoms with Crippen LogP contribution in [0, 0.1) is 0 Å². The molecule has 1 amide bonds. The van der Waals surface area contributed by atoms with Crippen molar-refractivity contribution in [1.29, 1.82) is 0 Å². The van der Waals surface area contributed by atoms with Gasteiger partial charge in [-0.3, -0.25) is 9.69 Å². The van der Waals surface area contributed by atoms with Gasteiger partial charge in [0.05, 0.1) is 11.6 Å². The molecule has 4 nitrogen and oxygen atoms in total. The number of halogens is 4. The Labute approximate surface area is 150 Å². The predicted octanol–water partition coefficient (Wildman–Crippen LogP) is 3.61. The number of nitrogens with one attached hydrogen (secondary N) is 1. The van der Waals surface area contributed by atoms with Gasteiger partial charge in [0.25, 0.3) is 12.3 Å². The Morgan fingerprint density at radius 1 is 1.38 bits per heavy atom. The monoisotopic (exact) mass is 380 g/mol. The van der Waals surface area contributed by atoms with Gasteiger partial charge >= 0.3 is 0 Å². The predicted molar refractivity (Wildman–Crippen MR) is 90.2 cm³/mol. The number of rotatable bonds is 6. The molecule has 1 heterocycles. The van der Waals surface area contributed by atoms with Crippen molar-refractivity contribution >= 4 is 29.1 Å². The van der Waals surface area contributed by atoms with E-state index in [0.29, 0.717) is 41.7 Å².